The molecule has 0 aliphatic rings. The molecule has 0 spiro atoms. The van der Waals surface area contributed by atoms with Gasteiger partial charge in [0.2, 0.25) is 0 Å². The fourth-order valence-electron chi connectivity index (χ4n) is 0.852. The number of aromatic amines is 1. The molecule has 50 valence electrons. The molecule has 0 aliphatic heterocycles. The van der Waals surface area contributed by atoms with Crippen LogP contribution in [0.5, 0.6) is 5.75 Å². The van der Waals surface area contributed by atoms with Gasteiger partial charge in [-0.2, -0.15) is 5.10 Å². The van der Waals surface area contributed by atoms with E-state index in [1.165, 1.54) is 6.20 Å². The van der Waals surface area contributed by atoms with Crippen molar-refractivity contribution >= 4 is 11.0 Å². The Morgan fingerprint density at radius 3 is 3.20 bits per heavy atom. The number of rotatable bonds is 0. The minimum atomic E-state index is 0.142. The highest BCUT2D eigenvalue weighted by molar-refractivity contribution is 5.80. The van der Waals surface area contributed by atoms with Gasteiger partial charge in [-0.05, 0) is 6.07 Å². The maximum Gasteiger partial charge on any atom is 0.161 e. The lowest BCUT2D eigenvalue weighted by atomic mass is 10.4. The summed E-state index contributed by atoms with van der Waals surface area (Å²) >= 11 is 0. The average Bonchev–Trinajstić information content (AvgIpc) is 2.34. The summed E-state index contributed by atoms with van der Waals surface area (Å²) in [6.45, 7) is 0. The number of hydrogen-bond donors (Lipinski definition) is 2. The van der Waals surface area contributed by atoms with Gasteiger partial charge in [-0.3, -0.25) is 0 Å². The maximum atomic E-state index is 9.08. The largest absolute Gasteiger partial charge is 0.504 e. The summed E-state index contributed by atoms with van der Waals surface area (Å²) in [5.41, 5.74) is 1.31. The number of aromatic nitrogens is 3. The van der Waals surface area contributed by atoms with Crippen molar-refractivity contribution in [1.29, 1.82) is 0 Å². The van der Waals surface area contributed by atoms with Crippen LogP contribution in [0.15, 0.2) is 18.5 Å². The van der Waals surface area contributed by atoms with Crippen LogP contribution in [-0.4, -0.2) is 20.3 Å². The van der Waals surface area contributed by atoms with Crippen molar-refractivity contribution in [1.82, 2.24) is 15.2 Å². The summed E-state index contributed by atoms with van der Waals surface area (Å²) in [6.07, 6.45) is 3.05. The third-order valence-electron chi connectivity index (χ3n) is 1.33. The first-order valence-electron chi connectivity index (χ1n) is 2.85. The molecule has 10 heavy (non-hydrogen) atoms. The van der Waals surface area contributed by atoms with Crippen LogP contribution in [0, 0.1) is 0 Å². The predicted octanol–water partition coefficient (Wildman–Crippen LogP) is 0.663. The molecule has 0 saturated carbocycles. The molecule has 0 bridgehead atoms. The normalized spacial score (nSPS) is 10.4. The van der Waals surface area contributed by atoms with Gasteiger partial charge in [0.15, 0.2) is 11.3 Å². The zero-order valence-corrected chi connectivity index (χ0v) is 5.07. The summed E-state index contributed by atoms with van der Waals surface area (Å²) in [5.74, 6) is 0.142. The van der Waals surface area contributed by atoms with E-state index in [9.17, 15) is 0 Å². The van der Waals surface area contributed by atoms with Crippen molar-refractivity contribution in [2.75, 3.05) is 0 Å². The summed E-state index contributed by atoms with van der Waals surface area (Å²) in [5, 5.41) is 16.4. The number of fused-ring (bicyclic) bond motifs is 1. The zero-order chi connectivity index (χ0) is 6.97. The molecule has 0 fully saturated rings. The van der Waals surface area contributed by atoms with Gasteiger partial charge in [0.25, 0.3) is 0 Å². The van der Waals surface area contributed by atoms with Gasteiger partial charge in [-0.15, -0.1) is 5.10 Å². The summed E-state index contributed by atoms with van der Waals surface area (Å²) < 4.78 is 0. The van der Waals surface area contributed by atoms with E-state index in [0.29, 0.717) is 5.52 Å². The van der Waals surface area contributed by atoms with Crippen molar-refractivity contribution in [3.63, 3.8) is 0 Å². The lowest BCUT2D eigenvalue weighted by Gasteiger charge is -1.84. The third kappa shape index (κ3) is 0.556. The van der Waals surface area contributed by atoms with Gasteiger partial charge in [0.1, 0.15) is 0 Å². The Balaban J connectivity index is 2.93. The first-order chi connectivity index (χ1) is 4.88. The van der Waals surface area contributed by atoms with Gasteiger partial charge in [0.05, 0.1) is 11.7 Å². The Morgan fingerprint density at radius 2 is 2.40 bits per heavy atom. The molecule has 0 saturated heterocycles. The molecule has 0 unspecified atom stereocenters. The average molecular weight is 135 g/mol. The smallest absolute Gasteiger partial charge is 0.161 e. The first-order valence-corrected chi connectivity index (χ1v) is 2.85. The number of H-pyrrole nitrogens is 1. The van der Waals surface area contributed by atoms with Crippen LogP contribution < -0.4 is 0 Å². The lowest BCUT2D eigenvalue weighted by molar-refractivity contribution is 0.480. The van der Waals surface area contributed by atoms with Crippen LogP contribution in [0.4, 0.5) is 0 Å². The second-order valence-electron chi connectivity index (χ2n) is 1.97. The fourth-order valence-corrected chi connectivity index (χ4v) is 0.852. The maximum absolute atomic E-state index is 9.08. The minimum absolute atomic E-state index is 0.142. The van der Waals surface area contributed by atoms with Crippen molar-refractivity contribution < 1.29 is 5.11 Å². The van der Waals surface area contributed by atoms with Crippen molar-refractivity contribution in [3.8, 4) is 5.75 Å². The van der Waals surface area contributed by atoms with Gasteiger partial charge in [-0.1, -0.05) is 0 Å². The standard InChI is InChI=1S/C6H5N3O/c10-5-3-7-4-1-2-8-9-6(4)5/h1-3,7,10H. The second-order valence-corrected chi connectivity index (χ2v) is 1.97. The topological polar surface area (TPSA) is 61.8 Å². The van der Waals surface area contributed by atoms with Gasteiger partial charge in [0, 0.05) is 6.20 Å². The molecule has 2 heterocycles. The van der Waals surface area contributed by atoms with Crippen molar-refractivity contribution in [2.45, 2.75) is 0 Å². The van der Waals surface area contributed by atoms with Crippen LogP contribution in [0.1, 0.15) is 0 Å². The van der Waals surface area contributed by atoms with Crippen LogP contribution in [0.25, 0.3) is 11.0 Å². The molecular formula is C6H5N3O. The Kier molecular flexibility index (Phi) is 0.887. The highest BCUT2D eigenvalue weighted by Gasteiger charge is 2.00. The molecule has 2 N–H and O–H groups in total. The van der Waals surface area contributed by atoms with E-state index in [0.717, 1.165) is 5.52 Å². The van der Waals surface area contributed by atoms with E-state index < -0.39 is 0 Å². The highest BCUT2D eigenvalue weighted by atomic mass is 16.3. The highest BCUT2D eigenvalue weighted by Crippen LogP contribution is 2.18. The number of nitrogens with one attached hydrogen (secondary N) is 1. The zero-order valence-electron chi connectivity index (χ0n) is 5.07. The van der Waals surface area contributed by atoms with E-state index in [-0.39, 0.29) is 5.75 Å². The van der Waals surface area contributed by atoms with Crippen LogP contribution >= 0.6 is 0 Å². The molecule has 0 amide bonds. The predicted molar refractivity (Wildman–Crippen MR) is 35.6 cm³/mol. The molecule has 0 radical (unpaired) electrons. The van der Waals surface area contributed by atoms with Gasteiger partial charge in [-0.25, -0.2) is 0 Å². The molecule has 0 atom stereocenters. The molecule has 2 rings (SSSR count). The van der Waals surface area contributed by atoms with E-state index in [1.54, 1.807) is 12.3 Å². The van der Waals surface area contributed by atoms with Crippen molar-refractivity contribution in [2.24, 2.45) is 0 Å². The van der Waals surface area contributed by atoms with Gasteiger partial charge < -0.3 is 10.1 Å². The molecule has 2 aromatic heterocycles. The van der Waals surface area contributed by atoms with E-state index in [4.69, 9.17) is 5.11 Å². The van der Waals surface area contributed by atoms with Crippen molar-refractivity contribution in [3.05, 3.63) is 18.5 Å². The van der Waals surface area contributed by atoms with Crippen LogP contribution in [-0.2, 0) is 0 Å². The number of nitrogens with zero attached hydrogens (tertiary/aromatic N) is 2. The SMILES string of the molecule is Oc1c[nH]c2ccnnc12. The Hall–Kier alpha value is -1.58. The molecule has 0 aromatic carbocycles. The Morgan fingerprint density at radius 1 is 1.50 bits per heavy atom. The Bertz CT molecular complexity index is 355. The molecule has 4 heteroatoms. The van der Waals surface area contributed by atoms with E-state index >= 15 is 0 Å². The van der Waals surface area contributed by atoms with Gasteiger partial charge >= 0.3 is 0 Å². The fraction of sp³-hybridized carbons (Fsp3) is 0. The van der Waals surface area contributed by atoms with Crippen LogP contribution in [0.3, 0.4) is 0 Å². The Labute approximate surface area is 56.5 Å². The second kappa shape index (κ2) is 1.70. The molecule has 4 nitrogen and oxygen atoms in total. The lowest BCUT2D eigenvalue weighted by Crippen LogP contribution is -1.77. The van der Waals surface area contributed by atoms with E-state index in [1.807, 2.05) is 0 Å². The summed E-state index contributed by atoms with van der Waals surface area (Å²) in [6, 6.07) is 1.75. The number of hydrogen-bond acceptors (Lipinski definition) is 3. The van der Waals surface area contributed by atoms with Crippen LogP contribution in [0.2, 0.25) is 0 Å². The molecule has 2 aromatic rings. The molecular weight excluding hydrogens is 130 g/mol. The third-order valence-corrected chi connectivity index (χ3v) is 1.33. The summed E-state index contributed by atoms with van der Waals surface area (Å²) in [4.78, 5) is 2.84. The number of aromatic hydroxyl groups is 1. The first kappa shape index (κ1) is 5.22. The molecule has 0 aliphatic carbocycles. The van der Waals surface area contributed by atoms with E-state index in [2.05, 4.69) is 15.2 Å². The minimum Gasteiger partial charge on any atom is -0.504 e. The summed E-state index contributed by atoms with van der Waals surface area (Å²) in [7, 11) is 0. The quantitative estimate of drug-likeness (QED) is 0.557. The monoisotopic (exact) mass is 135 g/mol.